The van der Waals surface area contributed by atoms with Crippen LogP contribution in [0.5, 0.6) is 5.75 Å². The maximum absolute atomic E-state index is 11.9. The first-order valence-corrected chi connectivity index (χ1v) is 6.67. The van der Waals surface area contributed by atoms with Gasteiger partial charge in [-0.05, 0) is 43.5 Å². The van der Waals surface area contributed by atoms with Gasteiger partial charge in [0, 0.05) is 13.1 Å². The predicted octanol–water partition coefficient (Wildman–Crippen LogP) is 1.91. The van der Waals surface area contributed by atoms with Crippen molar-refractivity contribution in [1.82, 2.24) is 4.90 Å². The Hall–Kier alpha value is -1.55. The number of hydrogen-bond acceptors (Lipinski definition) is 3. The first kappa shape index (κ1) is 15.5. The number of carbonyl (C=O) groups excluding carboxylic acids is 1. The van der Waals surface area contributed by atoms with E-state index in [2.05, 4.69) is 0 Å². The first-order valence-electron chi connectivity index (χ1n) is 6.67. The van der Waals surface area contributed by atoms with Gasteiger partial charge in [-0.1, -0.05) is 13.0 Å². The van der Waals surface area contributed by atoms with Crippen LogP contribution in [0.1, 0.15) is 24.5 Å². The SMILES string of the molecule is CCCN(CCO)C(=O)COc1ccc(C)c(C)c1. The highest BCUT2D eigenvalue weighted by molar-refractivity contribution is 5.77. The molecular weight excluding hydrogens is 242 g/mol. The van der Waals surface area contributed by atoms with E-state index in [9.17, 15) is 4.79 Å². The highest BCUT2D eigenvalue weighted by atomic mass is 16.5. The van der Waals surface area contributed by atoms with Crippen LogP contribution in [0.2, 0.25) is 0 Å². The average Bonchev–Trinajstić information content (AvgIpc) is 2.39. The largest absolute Gasteiger partial charge is 0.484 e. The Morgan fingerprint density at radius 1 is 1.26 bits per heavy atom. The van der Waals surface area contributed by atoms with Gasteiger partial charge in [-0.25, -0.2) is 0 Å². The fraction of sp³-hybridized carbons (Fsp3) is 0.533. The van der Waals surface area contributed by atoms with Crippen molar-refractivity contribution in [1.29, 1.82) is 0 Å². The van der Waals surface area contributed by atoms with Crippen LogP contribution in [0.4, 0.5) is 0 Å². The van der Waals surface area contributed by atoms with Crippen molar-refractivity contribution in [2.24, 2.45) is 0 Å². The molecule has 0 bridgehead atoms. The van der Waals surface area contributed by atoms with Crippen LogP contribution in [0, 0.1) is 13.8 Å². The third kappa shape index (κ3) is 4.91. The van der Waals surface area contributed by atoms with Crippen molar-refractivity contribution < 1.29 is 14.6 Å². The molecule has 1 aromatic rings. The molecular formula is C15H23NO3. The lowest BCUT2D eigenvalue weighted by atomic mass is 10.1. The summed E-state index contributed by atoms with van der Waals surface area (Å²) < 4.78 is 5.50. The summed E-state index contributed by atoms with van der Waals surface area (Å²) in [6.45, 7) is 7.06. The lowest BCUT2D eigenvalue weighted by Crippen LogP contribution is -2.37. The minimum absolute atomic E-state index is 0.0164. The zero-order valence-corrected chi connectivity index (χ0v) is 12.0. The monoisotopic (exact) mass is 265 g/mol. The molecule has 1 N–H and O–H groups in total. The third-order valence-corrected chi connectivity index (χ3v) is 3.06. The molecule has 1 rings (SSSR count). The molecule has 0 aliphatic heterocycles. The summed E-state index contributed by atoms with van der Waals surface area (Å²) in [5, 5.41) is 8.93. The summed E-state index contributed by atoms with van der Waals surface area (Å²) in [6.07, 6.45) is 0.870. The molecule has 0 aliphatic carbocycles. The van der Waals surface area contributed by atoms with Gasteiger partial charge in [0.05, 0.1) is 6.61 Å². The molecule has 0 radical (unpaired) electrons. The highest BCUT2D eigenvalue weighted by Crippen LogP contribution is 2.16. The molecule has 106 valence electrons. The van der Waals surface area contributed by atoms with Gasteiger partial charge < -0.3 is 14.7 Å². The quantitative estimate of drug-likeness (QED) is 0.819. The lowest BCUT2D eigenvalue weighted by Gasteiger charge is -2.21. The zero-order chi connectivity index (χ0) is 14.3. The minimum Gasteiger partial charge on any atom is -0.484 e. The number of amides is 1. The second-order valence-electron chi connectivity index (χ2n) is 4.64. The van der Waals surface area contributed by atoms with Crippen LogP contribution >= 0.6 is 0 Å². The molecule has 0 fully saturated rings. The van der Waals surface area contributed by atoms with Crippen LogP contribution in [-0.2, 0) is 4.79 Å². The second-order valence-corrected chi connectivity index (χ2v) is 4.64. The second kappa shape index (κ2) is 7.79. The number of nitrogens with zero attached hydrogens (tertiary/aromatic N) is 1. The van der Waals surface area contributed by atoms with Gasteiger partial charge in [-0.15, -0.1) is 0 Å². The fourth-order valence-corrected chi connectivity index (χ4v) is 1.79. The van der Waals surface area contributed by atoms with E-state index >= 15 is 0 Å². The molecule has 0 aliphatic rings. The molecule has 1 aromatic carbocycles. The number of rotatable bonds is 7. The van der Waals surface area contributed by atoms with E-state index in [1.54, 1.807) is 4.90 Å². The summed E-state index contributed by atoms with van der Waals surface area (Å²) in [4.78, 5) is 13.6. The number of ether oxygens (including phenoxy) is 1. The van der Waals surface area contributed by atoms with Crippen molar-refractivity contribution in [2.75, 3.05) is 26.3 Å². The molecule has 0 atom stereocenters. The van der Waals surface area contributed by atoms with Crippen molar-refractivity contribution in [3.05, 3.63) is 29.3 Å². The van der Waals surface area contributed by atoms with Gasteiger partial charge in [0.2, 0.25) is 0 Å². The topological polar surface area (TPSA) is 49.8 Å². The smallest absolute Gasteiger partial charge is 0.260 e. The van der Waals surface area contributed by atoms with Gasteiger partial charge in [-0.2, -0.15) is 0 Å². The Bertz CT molecular complexity index is 412. The Kier molecular flexibility index (Phi) is 6.36. The van der Waals surface area contributed by atoms with E-state index in [0.29, 0.717) is 18.8 Å². The van der Waals surface area contributed by atoms with Crippen molar-refractivity contribution in [2.45, 2.75) is 27.2 Å². The highest BCUT2D eigenvalue weighted by Gasteiger charge is 2.12. The van der Waals surface area contributed by atoms with Crippen LogP contribution < -0.4 is 4.74 Å². The summed E-state index contributed by atoms with van der Waals surface area (Å²) in [5.74, 6) is 0.617. The van der Waals surface area contributed by atoms with Gasteiger partial charge in [0.15, 0.2) is 6.61 Å². The fourth-order valence-electron chi connectivity index (χ4n) is 1.79. The number of hydrogen-bond donors (Lipinski definition) is 1. The van der Waals surface area contributed by atoms with E-state index in [1.165, 1.54) is 5.56 Å². The summed E-state index contributed by atoms with van der Waals surface area (Å²) >= 11 is 0. The van der Waals surface area contributed by atoms with Gasteiger partial charge >= 0.3 is 0 Å². The molecule has 1 amide bonds. The number of carbonyl (C=O) groups is 1. The molecule has 0 saturated heterocycles. The Morgan fingerprint density at radius 2 is 2.00 bits per heavy atom. The molecule has 4 heteroatoms. The van der Waals surface area contributed by atoms with Crippen LogP contribution in [0.25, 0.3) is 0 Å². The molecule has 0 heterocycles. The predicted molar refractivity (Wildman–Crippen MR) is 75.4 cm³/mol. The van der Waals surface area contributed by atoms with E-state index < -0.39 is 0 Å². The van der Waals surface area contributed by atoms with E-state index in [-0.39, 0.29) is 19.1 Å². The molecule has 19 heavy (non-hydrogen) atoms. The zero-order valence-electron chi connectivity index (χ0n) is 12.0. The number of aliphatic hydroxyl groups excluding tert-OH is 1. The first-order chi connectivity index (χ1) is 9.08. The Labute approximate surface area is 115 Å². The molecule has 0 saturated carbocycles. The summed E-state index contributed by atoms with van der Waals surface area (Å²) in [7, 11) is 0. The Morgan fingerprint density at radius 3 is 2.58 bits per heavy atom. The molecule has 0 unspecified atom stereocenters. The average molecular weight is 265 g/mol. The molecule has 4 nitrogen and oxygen atoms in total. The summed E-state index contributed by atoms with van der Waals surface area (Å²) in [6, 6.07) is 5.78. The van der Waals surface area contributed by atoms with Crippen LogP contribution in [-0.4, -0.2) is 42.2 Å². The minimum atomic E-state index is -0.0888. The van der Waals surface area contributed by atoms with Crippen LogP contribution in [0.3, 0.4) is 0 Å². The van der Waals surface area contributed by atoms with Gasteiger partial charge in [0.25, 0.3) is 5.91 Å². The number of aryl methyl sites for hydroxylation is 2. The Balaban J connectivity index is 2.54. The molecule has 0 aromatic heterocycles. The van der Waals surface area contributed by atoms with Gasteiger partial charge in [0.1, 0.15) is 5.75 Å². The normalized spacial score (nSPS) is 10.3. The standard InChI is InChI=1S/C15H23NO3/c1-4-7-16(8-9-17)15(18)11-19-14-6-5-12(2)13(3)10-14/h5-6,10,17H,4,7-9,11H2,1-3H3. The maximum atomic E-state index is 11.9. The lowest BCUT2D eigenvalue weighted by molar-refractivity contribution is -0.133. The van der Waals surface area contributed by atoms with Crippen molar-refractivity contribution >= 4 is 5.91 Å². The van der Waals surface area contributed by atoms with Crippen LogP contribution in [0.15, 0.2) is 18.2 Å². The third-order valence-electron chi connectivity index (χ3n) is 3.06. The van der Waals surface area contributed by atoms with Crippen molar-refractivity contribution in [3.8, 4) is 5.75 Å². The molecule has 0 spiro atoms. The summed E-state index contributed by atoms with van der Waals surface area (Å²) in [5.41, 5.74) is 2.34. The van der Waals surface area contributed by atoms with Gasteiger partial charge in [-0.3, -0.25) is 4.79 Å². The number of aliphatic hydroxyl groups is 1. The number of benzene rings is 1. The van der Waals surface area contributed by atoms with E-state index in [0.717, 1.165) is 12.0 Å². The van der Waals surface area contributed by atoms with E-state index in [4.69, 9.17) is 9.84 Å². The maximum Gasteiger partial charge on any atom is 0.260 e. The van der Waals surface area contributed by atoms with E-state index in [1.807, 2.05) is 39.0 Å². The van der Waals surface area contributed by atoms with Crippen molar-refractivity contribution in [3.63, 3.8) is 0 Å².